The molecule has 3 heterocycles. The highest BCUT2D eigenvalue weighted by Crippen LogP contribution is 2.46. The number of benzene rings is 1. The lowest BCUT2D eigenvalue weighted by Gasteiger charge is -2.42. The van der Waals surface area contributed by atoms with Crippen LogP contribution in [0.2, 0.25) is 18.1 Å². The summed E-state index contributed by atoms with van der Waals surface area (Å²) in [6.45, 7) is 9.95. The van der Waals surface area contributed by atoms with Crippen LogP contribution in [0.25, 0.3) is 11.2 Å². The molecule has 1 amide bonds. The number of aliphatic hydroxyl groups excluding tert-OH is 1. The summed E-state index contributed by atoms with van der Waals surface area (Å²) in [4.78, 5) is 25.5. The van der Waals surface area contributed by atoms with Gasteiger partial charge in [0, 0.05) is 12.7 Å². The van der Waals surface area contributed by atoms with Crippen LogP contribution >= 0.6 is 0 Å². The van der Waals surface area contributed by atoms with Crippen molar-refractivity contribution in [1.82, 2.24) is 19.5 Å². The minimum Gasteiger partial charge on any atom is -0.406 e. The zero-order valence-corrected chi connectivity index (χ0v) is 22.3. The van der Waals surface area contributed by atoms with E-state index in [1.54, 1.807) is 24.3 Å². The first-order chi connectivity index (χ1) is 16.9. The SMILES string of the molecule is CO[C@@]1(O)[C@H](O[Si](C)(C)C(C)(C)C)[C@@H](CO)O[C@H]1n1cnc2c(NC(=O)c3ccccc3)ncnc21. The van der Waals surface area contributed by atoms with Crippen molar-refractivity contribution in [2.24, 2.45) is 0 Å². The number of ether oxygens (including phenoxy) is 2. The van der Waals surface area contributed by atoms with Gasteiger partial charge in [-0.25, -0.2) is 15.0 Å². The largest absolute Gasteiger partial charge is 0.406 e. The van der Waals surface area contributed by atoms with Gasteiger partial charge in [-0.1, -0.05) is 39.0 Å². The van der Waals surface area contributed by atoms with Gasteiger partial charge in [-0.2, -0.15) is 0 Å². The highest BCUT2D eigenvalue weighted by atomic mass is 28.4. The molecule has 1 aliphatic heterocycles. The molecule has 0 spiro atoms. The Hall–Kier alpha value is -2.74. The number of fused-ring (bicyclic) bond motifs is 1. The lowest BCUT2D eigenvalue weighted by Crippen LogP contribution is -2.56. The average molecular weight is 516 g/mol. The molecule has 3 aromatic rings. The van der Waals surface area contributed by atoms with Gasteiger partial charge in [0.25, 0.3) is 5.91 Å². The summed E-state index contributed by atoms with van der Waals surface area (Å²) in [6, 6.07) is 8.73. The molecule has 1 aliphatic rings. The lowest BCUT2D eigenvalue weighted by molar-refractivity contribution is -0.261. The molecule has 0 aliphatic carbocycles. The molecular weight excluding hydrogens is 482 g/mol. The van der Waals surface area contributed by atoms with Gasteiger partial charge in [-0.15, -0.1) is 0 Å². The van der Waals surface area contributed by atoms with E-state index in [0.29, 0.717) is 16.7 Å². The third-order valence-electron chi connectivity index (χ3n) is 7.02. The van der Waals surface area contributed by atoms with Gasteiger partial charge in [0.2, 0.25) is 5.79 Å². The van der Waals surface area contributed by atoms with Crippen molar-refractivity contribution in [1.29, 1.82) is 0 Å². The quantitative estimate of drug-likeness (QED) is 0.320. The van der Waals surface area contributed by atoms with Gasteiger partial charge in [0.05, 0.1) is 12.9 Å². The second-order valence-corrected chi connectivity index (χ2v) is 15.1. The summed E-state index contributed by atoms with van der Waals surface area (Å²) in [7, 11) is -1.03. The van der Waals surface area contributed by atoms with Crippen LogP contribution in [0, 0.1) is 0 Å². The summed E-state index contributed by atoms with van der Waals surface area (Å²) < 4.78 is 19.7. The second-order valence-electron chi connectivity index (χ2n) is 10.3. The molecule has 4 rings (SSSR count). The topological polar surface area (TPSA) is 141 Å². The van der Waals surface area contributed by atoms with Crippen molar-refractivity contribution in [3.05, 3.63) is 48.5 Å². The maximum Gasteiger partial charge on any atom is 0.256 e. The molecule has 11 nitrogen and oxygen atoms in total. The number of hydrogen-bond donors (Lipinski definition) is 3. The summed E-state index contributed by atoms with van der Waals surface area (Å²) in [6.07, 6.45) is -0.239. The van der Waals surface area contributed by atoms with Gasteiger partial charge in [0.1, 0.15) is 18.5 Å². The molecule has 0 unspecified atom stereocenters. The highest BCUT2D eigenvalue weighted by Gasteiger charge is 2.60. The number of nitrogens with one attached hydrogen (secondary N) is 1. The normalized spacial score (nSPS) is 24.8. The zero-order chi connectivity index (χ0) is 26.3. The Morgan fingerprint density at radius 2 is 1.92 bits per heavy atom. The highest BCUT2D eigenvalue weighted by molar-refractivity contribution is 6.74. The Kier molecular flexibility index (Phi) is 7.03. The van der Waals surface area contributed by atoms with Crippen LogP contribution in [-0.4, -0.2) is 75.7 Å². The van der Waals surface area contributed by atoms with Gasteiger partial charge >= 0.3 is 0 Å². The maximum atomic E-state index is 12.7. The van der Waals surface area contributed by atoms with Crippen LogP contribution in [0.5, 0.6) is 0 Å². The summed E-state index contributed by atoms with van der Waals surface area (Å²) in [5.41, 5.74) is 1.07. The molecule has 2 aromatic heterocycles. The standard InChI is InChI=1S/C24H33N5O6Si/c1-23(2,3)36(5,6)35-18-16(12-30)34-22(24(18,32)33-4)29-14-27-17-19(25-13-26-20(17)29)28-21(31)15-10-8-7-9-11-15/h7-11,13-14,16,18,22,30,32H,12H2,1-6H3,(H,25,26,28,31)/t16-,18-,22-,24+/m1/s1. The molecule has 0 bridgehead atoms. The van der Waals surface area contributed by atoms with E-state index in [1.807, 2.05) is 19.2 Å². The van der Waals surface area contributed by atoms with Crippen LogP contribution < -0.4 is 5.32 Å². The smallest absolute Gasteiger partial charge is 0.256 e. The van der Waals surface area contributed by atoms with E-state index < -0.39 is 32.5 Å². The minimum absolute atomic E-state index is 0.152. The van der Waals surface area contributed by atoms with Gasteiger partial charge in [-0.3, -0.25) is 9.36 Å². The van der Waals surface area contributed by atoms with Crippen molar-refractivity contribution >= 4 is 31.2 Å². The molecule has 12 heteroatoms. The van der Waals surface area contributed by atoms with Gasteiger partial charge in [-0.05, 0) is 30.3 Å². The van der Waals surface area contributed by atoms with E-state index >= 15 is 0 Å². The van der Waals surface area contributed by atoms with Crippen molar-refractivity contribution in [2.75, 3.05) is 19.0 Å². The minimum atomic E-state index is -2.39. The molecule has 1 fully saturated rings. The Morgan fingerprint density at radius 3 is 2.53 bits per heavy atom. The van der Waals surface area contributed by atoms with E-state index in [2.05, 4.69) is 41.0 Å². The monoisotopic (exact) mass is 515 g/mol. The molecule has 194 valence electrons. The first-order valence-electron chi connectivity index (χ1n) is 11.7. The van der Waals surface area contributed by atoms with E-state index in [1.165, 1.54) is 24.3 Å². The number of aromatic nitrogens is 4. The predicted molar refractivity (Wildman–Crippen MR) is 135 cm³/mol. The first-order valence-corrected chi connectivity index (χ1v) is 14.6. The van der Waals surface area contributed by atoms with Crippen LogP contribution in [0.4, 0.5) is 5.82 Å². The van der Waals surface area contributed by atoms with Crippen molar-refractivity contribution < 1.29 is 28.9 Å². The Bertz CT molecular complexity index is 1230. The van der Waals surface area contributed by atoms with Crippen LogP contribution in [0.15, 0.2) is 43.0 Å². The number of carbonyl (C=O) groups excluding carboxylic acids is 1. The van der Waals surface area contributed by atoms with E-state index in [-0.39, 0.29) is 23.4 Å². The number of amides is 1. The summed E-state index contributed by atoms with van der Waals surface area (Å²) in [5.74, 6) is -2.09. The van der Waals surface area contributed by atoms with Crippen LogP contribution in [-0.2, 0) is 13.9 Å². The number of carbonyl (C=O) groups is 1. The fourth-order valence-corrected chi connectivity index (χ4v) is 5.21. The Balaban J connectivity index is 1.70. The third-order valence-corrected chi connectivity index (χ3v) is 11.5. The van der Waals surface area contributed by atoms with Gasteiger partial charge in [0.15, 0.2) is 31.5 Å². The number of aliphatic hydroxyl groups is 2. The molecule has 1 aromatic carbocycles. The molecule has 0 saturated carbocycles. The number of nitrogens with zero attached hydrogens (tertiary/aromatic N) is 4. The lowest BCUT2D eigenvalue weighted by atomic mass is 10.1. The molecule has 1 saturated heterocycles. The Morgan fingerprint density at radius 1 is 1.22 bits per heavy atom. The maximum absolute atomic E-state index is 12.7. The first kappa shape index (κ1) is 26.3. The number of methoxy groups -OCH3 is 1. The van der Waals surface area contributed by atoms with Crippen molar-refractivity contribution in [3.63, 3.8) is 0 Å². The fourth-order valence-electron chi connectivity index (χ4n) is 3.90. The van der Waals surface area contributed by atoms with E-state index in [9.17, 15) is 15.0 Å². The molecule has 0 radical (unpaired) electrons. The van der Waals surface area contributed by atoms with Crippen molar-refractivity contribution in [2.45, 2.75) is 63.1 Å². The summed E-state index contributed by atoms with van der Waals surface area (Å²) >= 11 is 0. The van der Waals surface area contributed by atoms with E-state index in [0.717, 1.165) is 0 Å². The predicted octanol–water partition coefficient (Wildman–Crippen LogP) is 2.69. The Labute approximate surface area is 210 Å². The second kappa shape index (κ2) is 9.61. The van der Waals surface area contributed by atoms with Crippen molar-refractivity contribution in [3.8, 4) is 0 Å². The van der Waals surface area contributed by atoms with Crippen LogP contribution in [0.1, 0.15) is 37.4 Å². The zero-order valence-electron chi connectivity index (χ0n) is 21.3. The molecule has 3 N–H and O–H groups in total. The number of anilines is 1. The van der Waals surface area contributed by atoms with Crippen LogP contribution in [0.3, 0.4) is 0 Å². The number of rotatable bonds is 7. The molecular formula is C24H33N5O6Si. The molecule has 36 heavy (non-hydrogen) atoms. The fraction of sp³-hybridized carbons (Fsp3) is 0.500. The van der Waals surface area contributed by atoms with E-state index in [4.69, 9.17) is 13.9 Å². The number of imidazole rings is 1. The molecule has 4 atom stereocenters. The average Bonchev–Trinajstić information content (AvgIpc) is 3.38. The van der Waals surface area contributed by atoms with Gasteiger partial charge < -0.3 is 29.4 Å². The summed E-state index contributed by atoms with van der Waals surface area (Å²) in [5, 5.41) is 24.4. The number of hydrogen-bond acceptors (Lipinski definition) is 9. The third kappa shape index (κ3) is 4.56.